The minimum Gasteiger partial charge on any atom is -0.381 e. The fourth-order valence-electron chi connectivity index (χ4n) is 1.58. The summed E-state index contributed by atoms with van der Waals surface area (Å²) >= 11 is 0. The Morgan fingerprint density at radius 1 is 1.19 bits per heavy atom. The molecule has 0 amide bonds. The molecular weight excluding hydrogens is 204 g/mol. The van der Waals surface area contributed by atoms with E-state index in [1.165, 1.54) is 6.33 Å². The highest BCUT2D eigenvalue weighted by Gasteiger charge is 2.24. The number of nitrogens with two attached hydrogens (primary N) is 1. The van der Waals surface area contributed by atoms with Gasteiger partial charge in [-0.3, -0.25) is 0 Å². The Morgan fingerprint density at radius 2 is 1.81 bits per heavy atom. The SMILES string of the molecule is CC(C)(C)c1c(N)nnn1-c1cncnc1. The van der Waals surface area contributed by atoms with Crippen molar-refractivity contribution in [2.45, 2.75) is 26.2 Å². The van der Waals surface area contributed by atoms with Crippen molar-refractivity contribution in [3.63, 3.8) is 0 Å². The maximum Gasteiger partial charge on any atom is 0.170 e. The van der Waals surface area contributed by atoms with E-state index in [0.717, 1.165) is 11.4 Å². The lowest BCUT2D eigenvalue weighted by Gasteiger charge is -2.19. The molecule has 2 aromatic heterocycles. The van der Waals surface area contributed by atoms with Crippen LogP contribution in [-0.2, 0) is 5.41 Å². The van der Waals surface area contributed by atoms with E-state index in [4.69, 9.17) is 5.73 Å². The van der Waals surface area contributed by atoms with Crippen LogP contribution in [0.1, 0.15) is 26.5 Å². The van der Waals surface area contributed by atoms with Crippen LogP contribution in [0.3, 0.4) is 0 Å². The van der Waals surface area contributed by atoms with Crippen molar-refractivity contribution >= 4 is 5.82 Å². The molecule has 0 fully saturated rings. The molecule has 0 spiro atoms. The maximum atomic E-state index is 5.83. The van der Waals surface area contributed by atoms with Crippen molar-refractivity contribution in [3.05, 3.63) is 24.4 Å². The van der Waals surface area contributed by atoms with Crippen molar-refractivity contribution in [1.82, 2.24) is 25.0 Å². The second-order valence-electron chi connectivity index (χ2n) is 4.58. The second kappa shape index (κ2) is 3.55. The molecule has 6 heteroatoms. The molecule has 0 bridgehead atoms. The summed E-state index contributed by atoms with van der Waals surface area (Å²) in [5, 5.41) is 7.91. The van der Waals surface area contributed by atoms with E-state index in [2.05, 4.69) is 41.1 Å². The standard InChI is InChI=1S/C10H14N6/c1-10(2,3)8-9(11)14-15-16(8)7-4-12-6-13-5-7/h4-6H,11H2,1-3H3. The highest BCUT2D eigenvalue weighted by atomic mass is 15.5. The Hall–Kier alpha value is -1.98. The molecular formula is C10H14N6. The molecule has 0 aliphatic carbocycles. The smallest absolute Gasteiger partial charge is 0.170 e. The predicted octanol–water partition coefficient (Wildman–Crippen LogP) is 0.937. The number of nitrogen functional groups attached to an aromatic ring is 1. The van der Waals surface area contributed by atoms with E-state index in [-0.39, 0.29) is 5.41 Å². The Bertz CT molecular complexity index is 482. The van der Waals surface area contributed by atoms with Crippen LogP contribution in [-0.4, -0.2) is 25.0 Å². The minimum absolute atomic E-state index is 0.135. The van der Waals surface area contributed by atoms with Gasteiger partial charge in [-0.05, 0) is 0 Å². The van der Waals surface area contributed by atoms with Crippen LogP contribution in [0.5, 0.6) is 0 Å². The van der Waals surface area contributed by atoms with Crippen LogP contribution < -0.4 is 5.73 Å². The third kappa shape index (κ3) is 1.73. The molecule has 16 heavy (non-hydrogen) atoms. The molecule has 0 aliphatic rings. The zero-order valence-electron chi connectivity index (χ0n) is 9.55. The predicted molar refractivity (Wildman–Crippen MR) is 60.1 cm³/mol. The summed E-state index contributed by atoms with van der Waals surface area (Å²) in [7, 11) is 0. The fraction of sp³-hybridized carbons (Fsp3) is 0.400. The van der Waals surface area contributed by atoms with E-state index in [9.17, 15) is 0 Å². The summed E-state index contributed by atoms with van der Waals surface area (Å²) in [5.41, 5.74) is 7.32. The van der Waals surface area contributed by atoms with Crippen molar-refractivity contribution in [3.8, 4) is 5.69 Å². The van der Waals surface area contributed by atoms with E-state index < -0.39 is 0 Å². The van der Waals surface area contributed by atoms with Gasteiger partial charge in [0.05, 0.1) is 18.1 Å². The third-order valence-electron chi connectivity index (χ3n) is 2.20. The zero-order valence-corrected chi connectivity index (χ0v) is 9.55. The molecule has 2 heterocycles. The van der Waals surface area contributed by atoms with Gasteiger partial charge in [0.2, 0.25) is 0 Å². The quantitative estimate of drug-likeness (QED) is 0.770. The number of anilines is 1. The average molecular weight is 218 g/mol. The first-order valence-electron chi connectivity index (χ1n) is 4.97. The minimum atomic E-state index is -0.135. The largest absolute Gasteiger partial charge is 0.381 e. The van der Waals surface area contributed by atoms with Gasteiger partial charge in [-0.15, -0.1) is 5.10 Å². The normalized spacial score (nSPS) is 11.7. The molecule has 6 nitrogen and oxygen atoms in total. The van der Waals surface area contributed by atoms with Crippen LogP contribution in [0.15, 0.2) is 18.7 Å². The topological polar surface area (TPSA) is 82.5 Å². The van der Waals surface area contributed by atoms with Crippen molar-refractivity contribution in [2.24, 2.45) is 0 Å². The first-order chi connectivity index (χ1) is 7.50. The van der Waals surface area contributed by atoms with Gasteiger partial charge < -0.3 is 5.73 Å². The van der Waals surface area contributed by atoms with E-state index >= 15 is 0 Å². The van der Waals surface area contributed by atoms with Crippen molar-refractivity contribution < 1.29 is 0 Å². The molecule has 2 N–H and O–H groups in total. The summed E-state index contributed by atoms with van der Waals surface area (Å²) < 4.78 is 1.68. The zero-order chi connectivity index (χ0) is 11.8. The Labute approximate surface area is 93.5 Å². The van der Waals surface area contributed by atoms with Gasteiger partial charge in [0.1, 0.15) is 12.0 Å². The molecule has 2 rings (SSSR count). The number of hydrogen-bond acceptors (Lipinski definition) is 5. The van der Waals surface area contributed by atoms with Crippen LogP contribution in [0.4, 0.5) is 5.82 Å². The summed E-state index contributed by atoms with van der Waals surface area (Å²) in [4.78, 5) is 7.91. The Morgan fingerprint density at radius 3 is 2.38 bits per heavy atom. The van der Waals surface area contributed by atoms with Crippen molar-refractivity contribution in [2.75, 3.05) is 5.73 Å². The number of aromatic nitrogens is 5. The molecule has 0 unspecified atom stereocenters. The first-order valence-corrected chi connectivity index (χ1v) is 4.97. The van der Waals surface area contributed by atoms with E-state index in [0.29, 0.717) is 5.82 Å². The molecule has 0 saturated carbocycles. The van der Waals surface area contributed by atoms with Gasteiger partial charge in [-0.1, -0.05) is 26.0 Å². The van der Waals surface area contributed by atoms with Gasteiger partial charge in [-0.2, -0.15) is 0 Å². The van der Waals surface area contributed by atoms with Gasteiger partial charge in [-0.25, -0.2) is 14.6 Å². The van der Waals surface area contributed by atoms with Gasteiger partial charge in [0.25, 0.3) is 0 Å². The summed E-state index contributed by atoms with van der Waals surface area (Å²) in [5.74, 6) is 0.441. The number of hydrogen-bond donors (Lipinski definition) is 1. The van der Waals surface area contributed by atoms with Crippen LogP contribution >= 0.6 is 0 Å². The molecule has 0 aromatic carbocycles. The molecule has 84 valence electrons. The Kier molecular flexibility index (Phi) is 2.34. The van der Waals surface area contributed by atoms with E-state index in [1.807, 2.05) is 0 Å². The summed E-state index contributed by atoms with van der Waals surface area (Å²) in [6, 6.07) is 0. The Balaban J connectivity index is 2.60. The lowest BCUT2D eigenvalue weighted by molar-refractivity contribution is 0.543. The lowest BCUT2D eigenvalue weighted by Crippen LogP contribution is -2.19. The van der Waals surface area contributed by atoms with Gasteiger partial charge in [0.15, 0.2) is 5.82 Å². The monoisotopic (exact) mass is 218 g/mol. The number of rotatable bonds is 1. The molecule has 2 aromatic rings. The van der Waals surface area contributed by atoms with Gasteiger partial charge in [0, 0.05) is 5.41 Å². The van der Waals surface area contributed by atoms with Crippen molar-refractivity contribution in [1.29, 1.82) is 0 Å². The van der Waals surface area contributed by atoms with Crippen LogP contribution in [0.2, 0.25) is 0 Å². The highest BCUT2D eigenvalue weighted by Crippen LogP contribution is 2.27. The van der Waals surface area contributed by atoms with Crippen LogP contribution in [0.25, 0.3) is 5.69 Å². The molecule has 0 radical (unpaired) electrons. The fourth-order valence-corrected chi connectivity index (χ4v) is 1.58. The molecule has 0 saturated heterocycles. The lowest BCUT2D eigenvalue weighted by atomic mass is 9.92. The van der Waals surface area contributed by atoms with Crippen LogP contribution in [0, 0.1) is 0 Å². The number of nitrogens with zero attached hydrogens (tertiary/aromatic N) is 5. The molecule has 0 aliphatic heterocycles. The third-order valence-corrected chi connectivity index (χ3v) is 2.20. The summed E-state index contributed by atoms with van der Waals surface area (Å²) in [6.45, 7) is 6.17. The molecule has 0 atom stereocenters. The average Bonchev–Trinajstić information content (AvgIpc) is 2.61. The summed E-state index contributed by atoms with van der Waals surface area (Å²) in [6.07, 6.45) is 4.83. The first kappa shape index (κ1) is 10.5. The highest BCUT2D eigenvalue weighted by molar-refractivity contribution is 5.42. The van der Waals surface area contributed by atoms with Gasteiger partial charge >= 0.3 is 0 Å². The maximum absolute atomic E-state index is 5.83. The second-order valence-corrected chi connectivity index (χ2v) is 4.58. The van der Waals surface area contributed by atoms with E-state index in [1.54, 1.807) is 17.1 Å².